The van der Waals surface area contributed by atoms with E-state index in [0.717, 1.165) is 5.76 Å². The molecule has 4 heteroatoms. The first-order valence-electron chi connectivity index (χ1n) is 4.97. The van der Waals surface area contributed by atoms with Crippen molar-refractivity contribution in [2.75, 3.05) is 0 Å². The Morgan fingerprint density at radius 3 is 2.94 bits per heavy atom. The van der Waals surface area contributed by atoms with E-state index in [4.69, 9.17) is 4.42 Å². The van der Waals surface area contributed by atoms with Gasteiger partial charge in [0.05, 0.1) is 6.20 Å². The van der Waals surface area contributed by atoms with Crippen LogP contribution in [0.3, 0.4) is 0 Å². The van der Waals surface area contributed by atoms with Gasteiger partial charge in [-0.2, -0.15) is 0 Å². The van der Waals surface area contributed by atoms with Gasteiger partial charge in [-0.1, -0.05) is 0 Å². The highest BCUT2D eigenvalue weighted by atomic mass is 16.3. The fraction of sp³-hybridized carbons (Fsp3) is 0.0833. The summed E-state index contributed by atoms with van der Waals surface area (Å²) in [6.07, 6.45) is 3.47. The Morgan fingerprint density at radius 1 is 1.31 bits per heavy atom. The highest BCUT2D eigenvalue weighted by Crippen LogP contribution is 2.25. The Bertz CT molecular complexity index is 652. The molecule has 0 fully saturated rings. The minimum Gasteiger partial charge on any atom is -0.506 e. The van der Waals surface area contributed by atoms with E-state index in [1.807, 2.05) is 25.3 Å². The second-order valence-electron chi connectivity index (χ2n) is 3.64. The molecule has 0 spiro atoms. The summed E-state index contributed by atoms with van der Waals surface area (Å²) < 4.78 is 7.31. The Hall–Kier alpha value is -2.23. The maximum Gasteiger partial charge on any atom is 0.180 e. The maximum atomic E-state index is 9.65. The summed E-state index contributed by atoms with van der Waals surface area (Å²) in [7, 11) is 0. The molecular weight excluding hydrogens is 204 g/mol. The van der Waals surface area contributed by atoms with Gasteiger partial charge in [0.15, 0.2) is 11.6 Å². The Labute approximate surface area is 91.8 Å². The van der Waals surface area contributed by atoms with Gasteiger partial charge in [0.2, 0.25) is 0 Å². The molecule has 3 heterocycles. The molecule has 1 N–H and O–H groups in total. The zero-order chi connectivity index (χ0) is 11.1. The van der Waals surface area contributed by atoms with Crippen LogP contribution in [0.2, 0.25) is 0 Å². The van der Waals surface area contributed by atoms with Gasteiger partial charge in [0.1, 0.15) is 17.0 Å². The van der Waals surface area contributed by atoms with Crippen molar-refractivity contribution >= 4 is 5.52 Å². The predicted molar refractivity (Wildman–Crippen MR) is 59.3 cm³/mol. The molecular formula is C12H10N2O2. The first-order chi connectivity index (χ1) is 7.75. The quantitative estimate of drug-likeness (QED) is 0.677. The number of nitrogens with zero attached hydrogens (tertiary/aromatic N) is 2. The zero-order valence-corrected chi connectivity index (χ0v) is 8.71. The summed E-state index contributed by atoms with van der Waals surface area (Å²) >= 11 is 0. The van der Waals surface area contributed by atoms with Gasteiger partial charge in [-0.15, -0.1) is 0 Å². The van der Waals surface area contributed by atoms with Crippen LogP contribution in [0.5, 0.6) is 5.75 Å². The smallest absolute Gasteiger partial charge is 0.180 e. The van der Waals surface area contributed by atoms with Gasteiger partial charge in [0.25, 0.3) is 0 Å². The van der Waals surface area contributed by atoms with Crippen molar-refractivity contribution in [3.63, 3.8) is 0 Å². The highest BCUT2D eigenvalue weighted by molar-refractivity contribution is 5.64. The van der Waals surface area contributed by atoms with E-state index in [0.29, 0.717) is 17.1 Å². The number of aryl methyl sites for hydroxylation is 1. The van der Waals surface area contributed by atoms with Gasteiger partial charge >= 0.3 is 0 Å². The Kier molecular flexibility index (Phi) is 1.77. The molecule has 0 saturated heterocycles. The van der Waals surface area contributed by atoms with Gasteiger partial charge in [-0.3, -0.25) is 4.40 Å². The lowest BCUT2D eigenvalue weighted by Crippen LogP contribution is -1.87. The van der Waals surface area contributed by atoms with Crippen LogP contribution in [-0.2, 0) is 0 Å². The zero-order valence-electron chi connectivity index (χ0n) is 8.71. The average Bonchev–Trinajstić information content (AvgIpc) is 2.84. The summed E-state index contributed by atoms with van der Waals surface area (Å²) in [6.45, 7) is 1.89. The molecule has 16 heavy (non-hydrogen) atoms. The van der Waals surface area contributed by atoms with E-state index in [9.17, 15) is 5.11 Å². The molecule has 0 amide bonds. The number of imidazole rings is 1. The lowest BCUT2D eigenvalue weighted by molar-refractivity contribution is 0.479. The number of rotatable bonds is 1. The van der Waals surface area contributed by atoms with E-state index in [2.05, 4.69) is 4.98 Å². The van der Waals surface area contributed by atoms with Crippen molar-refractivity contribution in [3.8, 4) is 17.3 Å². The van der Waals surface area contributed by atoms with Crippen LogP contribution in [0.1, 0.15) is 5.76 Å². The van der Waals surface area contributed by atoms with Crippen LogP contribution >= 0.6 is 0 Å². The summed E-state index contributed by atoms with van der Waals surface area (Å²) in [6, 6.07) is 7.16. The lowest BCUT2D eigenvalue weighted by Gasteiger charge is -1.99. The van der Waals surface area contributed by atoms with Crippen molar-refractivity contribution in [1.82, 2.24) is 9.38 Å². The molecule has 0 atom stereocenters. The summed E-state index contributed by atoms with van der Waals surface area (Å²) in [4.78, 5) is 4.25. The van der Waals surface area contributed by atoms with Gasteiger partial charge < -0.3 is 9.52 Å². The fourth-order valence-electron chi connectivity index (χ4n) is 1.74. The van der Waals surface area contributed by atoms with Gasteiger partial charge in [-0.25, -0.2) is 4.98 Å². The second-order valence-corrected chi connectivity index (χ2v) is 3.64. The van der Waals surface area contributed by atoms with Gasteiger partial charge in [0, 0.05) is 6.20 Å². The third-order valence-corrected chi connectivity index (χ3v) is 2.51. The number of aromatic hydroxyl groups is 1. The van der Waals surface area contributed by atoms with Crippen LogP contribution in [-0.4, -0.2) is 14.5 Å². The third kappa shape index (κ3) is 1.20. The molecule has 0 bridgehead atoms. The standard InChI is InChI=1S/C12H10N2O2/c1-8-4-5-11(16-8)12-13-7-9-10(15)3-2-6-14(9)12/h2-7,15H,1H3. The first-order valence-corrected chi connectivity index (χ1v) is 4.97. The summed E-state index contributed by atoms with van der Waals surface area (Å²) in [5, 5.41) is 9.65. The van der Waals surface area contributed by atoms with Crippen LogP contribution in [0.4, 0.5) is 0 Å². The number of aromatic nitrogens is 2. The largest absolute Gasteiger partial charge is 0.506 e. The number of fused-ring (bicyclic) bond motifs is 1. The minimum absolute atomic E-state index is 0.213. The molecule has 0 aliphatic carbocycles. The van der Waals surface area contributed by atoms with Crippen LogP contribution in [0.15, 0.2) is 41.1 Å². The molecule has 0 aliphatic heterocycles. The topological polar surface area (TPSA) is 50.7 Å². The van der Waals surface area contributed by atoms with Crippen molar-refractivity contribution < 1.29 is 9.52 Å². The van der Waals surface area contributed by atoms with Crippen LogP contribution in [0.25, 0.3) is 17.1 Å². The monoisotopic (exact) mass is 214 g/mol. The van der Waals surface area contributed by atoms with E-state index < -0.39 is 0 Å². The van der Waals surface area contributed by atoms with Crippen molar-refractivity contribution in [2.45, 2.75) is 6.92 Å². The number of hydrogen-bond acceptors (Lipinski definition) is 3. The molecule has 0 aromatic carbocycles. The molecule has 80 valence electrons. The lowest BCUT2D eigenvalue weighted by atomic mass is 10.4. The second kappa shape index (κ2) is 3.13. The van der Waals surface area contributed by atoms with Crippen molar-refractivity contribution in [1.29, 1.82) is 0 Å². The normalized spacial score (nSPS) is 11.1. The number of pyridine rings is 1. The van der Waals surface area contributed by atoms with E-state index in [1.165, 1.54) is 0 Å². The molecule has 0 aliphatic rings. The number of hydrogen-bond donors (Lipinski definition) is 1. The maximum absolute atomic E-state index is 9.65. The van der Waals surface area contributed by atoms with E-state index in [1.54, 1.807) is 22.7 Å². The first kappa shape index (κ1) is 9.03. The van der Waals surface area contributed by atoms with Gasteiger partial charge in [-0.05, 0) is 31.2 Å². The Balaban J connectivity index is 2.29. The van der Waals surface area contributed by atoms with Crippen molar-refractivity contribution in [2.24, 2.45) is 0 Å². The Morgan fingerprint density at radius 2 is 2.19 bits per heavy atom. The van der Waals surface area contributed by atoms with E-state index in [-0.39, 0.29) is 5.75 Å². The van der Waals surface area contributed by atoms with Crippen LogP contribution in [0, 0.1) is 6.92 Å². The fourth-order valence-corrected chi connectivity index (χ4v) is 1.74. The van der Waals surface area contributed by atoms with Crippen LogP contribution < -0.4 is 0 Å². The molecule has 0 saturated carbocycles. The molecule has 3 aromatic rings. The van der Waals surface area contributed by atoms with E-state index >= 15 is 0 Å². The molecule has 0 radical (unpaired) electrons. The number of furan rings is 1. The third-order valence-electron chi connectivity index (χ3n) is 2.51. The SMILES string of the molecule is Cc1ccc(-c2ncc3c(O)cccn23)o1. The average molecular weight is 214 g/mol. The minimum atomic E-state index is 0.213. The molecule has 4 nitrogen and oxygen atoms in total. The molecule has 3 aromatic heterocycles. The predicted octanol–water partition coefficient (Wildman–Crippen LogP) is 2.61. The summed E-state index contributed by atoms with van der Waals surface area (Å²) in [5.74, 6) is 2.44. The molecule has 0 unspecified atom stereocenters. The highest BCUT2D eigenvalue weighted by Gasteiger charge is 2.11. The van der Waals surface area contributed by atoms with Crippen molar-refractivity contribution in [3.05, 3.63) is 42.4 Å². The summed E-state index contributed by atoms with van der Waals surface area (Å²) in [5.41, 5.74) is 0.673. The molecule has 3 rings (SSSR count).